The Labute approximate surface area is 157 Å². The zero-order valence-corrected chi connectivity index (χ0v) is 15.3. The minimum absolute atomic E-state index is 0.0808. The SMILES string of the molecule is CN(C(=O)OCc1ccccc1)[C@@](C)(C(=O)O)c1ccc2ccccc2c1. The van der Waals surface area contributed by atoms with Crippen molar-refractivity contribution in [2.45, 2.75) is 19.1 Å². The van der Waals surface area contributed by atoms with E-state index in [4.69, 9.17) is 4.74 Å². The number of carbonyl (C=O) groups excluding carboxylic acids is 1. The fourth-order valence-electron chi connectivity index (χ4n) is 2.95. The van der Waals surface area contributed by atoms with Gasteiger partial charge in [0.15, 0.2) is 5.54 Å². The normalized spacial score (nSPS) is 13.0. The van der Waals surface area contributed by atoms with Crippen LogP contribution in [0, 0.1) is 0 Å². The van der Waals surface area contributed by atoms with Crippen molar-refractivity contribution in [2.24, 2.45) is 0 Å². The van der Waals surface area contributed by atoms with Crippen LogP contribution in [0.2, 0.25) is 0 Å². The van der Waals surface area contributed by atoms with E-state index in [-0.39, 0.29) is 6.61 Å². The highest BCUT2D eigenvalue weighted by Crippen LogP contribution is 2.31. The maximum Gasteiger partial charge on any atom is 0.411 e. The van der Waals surface area contributed by atoms with Gasteiger partial charge in [0.05, 0.1) is 0 Å². The van der Waals surface area contributed by atoms with Crippen LogP contribution in [0.15, 0.2) is 72.8 Å². The number of carbonyl (C=O) groups is 2. The molecule has 0 unspecified atom stereocenters. The van der Waals surface area contributed by atoms with Crippen LogP contribution in [0.1, 0.15) is 18.1 Å². The average Bonchev–Trinajstić information content (AvgIpc) is 2.71. The molecule has 0 radical (unpaired) electrons. The summed E-state index contributed by atoms with van der Waals surface area (Å²) in [5.74, 6) is -1.13. The Hall–Kier alpha value is -3.34. The summed E-state index contributed by atoms with van der Waals surface area (Å²) in [5, 5.41) is 11.8. The minimum atomic E-state index is -1.56. The molecule has 0 aliphatic carbocycles. The topological polar surface area (TPSA) is 66.8 Å². The van der Waals surface area contributed by atoms with Gasteiger partial charge in [0, 0.05) is 7.05 Å². The molecule has 138 valence electrons. The lowest BCUT2D eigenvalue weighted by atomic mass is 9.89. The lowest BCUT2D eigenvalue weighted by Crippen LogP contribution is -2.50. The second-order valence-electron chi connectivity index (χ2n) is 6.54. The summed E-state index contributed by atoms with van der Waals surface area (Å²) in [5.41, 5.74) is -0.215. The first kappa shape index (κ1) is 18.5. The Morgan fingerprint density at radius 3 is 2.26 bits per heavy atom. The number of benzene rings is 3. The highest BCUT2D eigenvalue weighted by Gasteiger charge is 2.43. The summed E-state index contributed by atoms with van der Waals surface area (Å²) in [6, 6.07) is 22.3. The van der Waals surface area contributed by atoms with Gasteiger partial charge < -0.3 is 9.84 Å². The van der Waals surface area contributed by atoms with Crippen molar-refractivity contribution < 1.29 is 19.4 Å². The van der Waals surface area contributed by atoms with Crippen molar-refractivity contribution >= 4 is 22.8 Å². The van der Waals surface area contributed by atoms with Crippen molar-refractivity contribution in [3.8, 4) is 0 Å². The molecule has 0 fully saturated rings. The quantitative estimate of drug-likeness (QED) is 0.729. The standard InChI is InChI=1S/C22H21NO4/c1-22(20(24)25,19-13-12-17-10-6-7-11-18(17)14-19)23(2)21(26)27-15-16-8-4-3-5-9-16/h3-14H,15H2,1-2H3,(H,24,25)/t22-/m1/s1. The monoisotopic (exact) mass is 363 g/mol. The van der Waals surface area contributed by atoms with Gasteiger partial charge in [-0.3, -0.25) is 4.90 Å². The van der Waals surface area contributed by atoms with Crippen molar-refractivity contribution in [3.05, 3.63) is 83.9 Å². The molecule has 0 aliphatic rings. The van der Waals surface area contributed by atoms with Gasteiger partial charge in [-0.2, -0.15) is 0 Å². The molecule has 27 heavy (non-hydrogen) atoms. The van der Waals surface area contributed by atoms with Crippen LogP contribution in [0.25, 0.3) is 10.8 Å². The van der Waals surface area contributed by atoms with Gasteiger partial charge in [-0.05, 0) is 34.9 Å². The van der Waals surface area contributed by atoms with Gasteiger partial charge >= 0.3 is 12.1 Å². The Morgan fingerprint density at radius 1 is 0.963 bits per heavy atom. The molecule has 1 N–H and O–H groups in total. The molecule has 0 heterocycles. The third-order valence-electron chi connectivity index (χ3n) is 4.88. The van der Waals surface area contributed by atoms with E-state index in [9.17, 15) is 14.7 Å². The van der Waals surface area contributed by atoms with Gasteiger partial charge in [0.25, 0.3) is 0 Å². The molecule has 0 aliphatic heterocycles. The highest BCUT2D eigenvalue weighted by atomic mass is 16.6. The number of hydrogen-bond donors (Lipinski definition) is 1. The van der Waals surface area contributed by atoms with Gasteiger partial charge in [-0.1, -0.05) is 66.7 Å². The maximum atomic E-state index is 12.5. The number of ether oxygens (including phenoxy) is 1. The van der Waals surface area contributed by atoms with Crippen molar-refractivity contribution in [2.75, 3.05) is 7.05 Å². The summed E-state index contributed by atoms with van der Waals surface area (Å²) in [6.07, 6.45) is -0.697. The third-order valence-corrected chi connectivity index (χ3v) is 4.88. The second-order valence-corrected chi connectivity index (χ2v) is 6.54. The molecule has 0 saturated carbocycles. The van der Waals surface area contributed by atoms with Crippen LogP contribution in [-0.2, 0) is 21.7 Å². The second kappa shape index (κ2) is 7.50. The number of aliphatic carboxylic acids is 1. The Morgan fingerprint density at radius 2 is 1.59 bits per heavy atom. The molecule has 1 amide bonds. The zero-order chi connectivity index (χ0) is 19.4. The van der Waals surface area contributed by atoms with E-state index in [0.29, 0.717) is 5.56 Å². The smallest absolute Gasteiger partial charge is 0.411 e. The number of amides is 1. The molecule has 3 aromatic rings. The predicted octanol–water partition coefficient (Wildman–Crippen LogP) is 4.41. The predicted molar refractivity (Wildman–Crippen MR) is 103 cm³/mol. The van der Waals surface area contributed by atoms with Crippen LogP contribution in [0.3, 0.4) is 0 Å². The Bertz CT molecular complexity index is 970. The summed E-state index contributed by atoms with van der Waals surface area (Å²) >= 11 is 0. The molecule has 3 aromatic carbocycles. The zero-order valence-electron chi connectivity index (χ0n) is 15.3. The maximum absolute atomic E-state index is 12.5. The average molecular weight is 363 g/mol. The van der Waals surface area contributed by atoms with Crippen LogP contribution in [0.4, 0.5) is 4.79 Å². The number of hydrogen-bond acceptors (Lipinski definition) is 3. The molecule has 5 heteroatoms. The molecular formula is C22H21NO4. The number of carboxylic acids is 1. The van der Waals surface area contributed by atoms with E-state index in [2.05, 4.69) is 0 Å². The third kappa shape index (κ3) is 3.62. The van der Waals surface area contributed by atoms with E-state index >= 15 is 0 Å². The number of carboxylic acid groups (broad SMARTS) is 1. The number of nitrogens with zero attached hydrogens (tertiary/aromatic N) is 1. The first-order valence-corrected chi connectivity index (χ1v) is 8.60. The number of rotatable bonds is 5. The van der Waals surface area contributed by atoms with Crippen LogP contribution >= 0.6 is 0 Å². The number of likely N-dealkylation sites (N-methyl/N-ethyl adjacent to an activating group) is 1. The van der Waals surface area contributed by atoms with E-state index in [1.54, 1.807) is 12.1 Å². The molecule has 1 atom stereocenters. The molecular weight excluding hydrogens is 342 g/mol. The van der Waals surface area contributed by atoms with Crippen LogP contribution in [0.5, 0.6) is 0 Å². The first-order valence-electron chi connectivity index (χ1n) is 8.60. The van der Waals surface area contributed by atoms with Crippen molar-refractivity contribution in [3.63, 3.8) is 0 Å². The summed E-state index contributed by atoms with van der Waals surface area (Å²) in [7, 11) is 1.44. The van der Waals surface area contributed by atoms with Gasteiger partial charge in [-0.15, -0.1) is 0 Å². The fourth-order valence-corrected chi connectivity index (χ4v) is 2.95. The first-order chi connectivity index (χ1) is 12.9. The largest absolute Gasteiger partial charge is 0.479 e. The summed E-state index contributed by atoms with van der Waals surface area (Å²) < 4.78 is 5.32. The molecule has 0 saturated heterocycles. The van der Waals surface area contributed by atoms with Crippen molar-refractivity contribution in [1.82, 2.24) is 4.90 Å². The number of fused-ring (bicyclic) bond motifs is 1. The molecule has 3 rings (SSSR count). The van der Waals surface area contributed by atoms with E-state index in [0.717, 1.165) is 21.2 Å². The lowest BCUT2D eigenvalue weighted by molar-refractivity contribution is -0.149. The molecule has 0 spiro atoms. The van der Waals surface area contributed by atoms with Crippen LogP contribution < -0.4 is 0 Å². The van der Waals surface area contributed by atoms with E-state index in [1.807, 2.05) is 60.7 Å². The lowest BCUT2D eigenvalue weighted by Gasteiger charge is -2.34. The van der Waals surface area contributed by atoms with E-state index < -0.39 is 17.6 Å². The van der Waals surface area contributed by atoms with Gasteiger partial charge in [-0.25, -0.2) is 9.59 Å². The Balaban J connectivity index is 1.87. The summed E-state index contributed by atoms with van der Waals surface area (Å²) in [6.45, 7) is 1.58. The van der Waals surface area contributed by atoms with Crippen molar-refractivity contribution in [1.29, 1.82) is 0 Å². The fraction of sp³-hybridized carbons (Fsp3) is 0.182. The molecule has 0 aromatic heterocycles. The highest BCUT2D eigenvalue weighted by molar-refractivity contribution is 5.89. The van der Waals surface area contributed by atoms with Gasteiger partial charge in [0.2, 0.25) is 0 Å². The van der Waals surface area contributed by atoms with Crippen LogP contribution in [-0.4, -0.2) is 29.1 Å². The minimum Gasteiger partial charge on any atom is -0.479 e. The van der Waals surface area contributed by atoms with E-state index in [1.165, 1.54) is 14.0 Å². The Kier molecular flexibility index (Phi) is 5.12. The molecule has 0 bridgehead atoms. The molecule has 5 nitrogen and oxygen atoms in total. The summed E-state index contributed by atoms with van der Waals surface area (Å²) in [4.78, 5) is 25.8. The van der Waals surface area contributed by atoms with Gasteiger partial charge in [0.1, 0.15) is 6.61 Å².